The Morgan fingerprint density at radius 2 is 1.71 bits per heavy atom. The highest BCUT2D eigenvalue weighted by molar-refractivity contribution is 7.89. The highest BCUT2D eigenvalue weighted by Crippen LogP contribution is 2.30. The normalized spacial score (nSPS) is 15.0. The maximum absolute atomic E-state index is 13.2. The number of carbonyl (C=O) groups is 1. The predicted octanol–water partition coefficient (Wildman–Crippen LogP) is 3.66. The number of aryl methyl sites for hydroxylation is 1. The number of aromatic nitrogens is 1. The molecule has 1 fully saturated rings. The highest BCUT2D eigenvalue weighted by Gasteiger charge is 2.32. The largest absolute Gasteiger partial charge is 0.507 e. The lowest BCUT2D eigenvalue weighted by Gasteiger charge is -2.34. The first-order valence-corrected chi connectivity index (χ1v) is 12.3. The molecular formula is C25H23N3O5S. The van der Waals surface area contributed by atoms with Gasteiger partial charge in [0.05, 0.1) is 5.39 Å². The van der Waals surface area contributed by atoms with Crippen LogP contribution in [-0.4, -0.2) is 60.0 Å². The second-order valence-electron chi connectivity index (χ2n) is 8.28. The van der Waals surface area contributed by atoms with Gasteiger partial charge >= 0.3 is 0 Å². The number of hydrogen-bond acceptors (Lipinski definition) is 6. The van der Waals surface area contributed by atoms with E-state index in [1.807, 2.05) is 30.3 Å². The summed E-state index contributed by atoms with van der Waals surface area (Å²) in [6, 6.07) is 19.3. The SMILES string of the molecule is Cc1ccc(O)c(S(=O)(=O)N2CCN(C(=O)c3ccc4noc(-c5ccccc5)c4c3)CC2)c1. The van der Waals surface area contributed by atoms with Crippen molar-refractivity contribution in [3.63, 3.8) is 0 Å². The van der Waals surface area contributed by atoms with Crippen molar-refractivity contribution in [1.29, 1.82) is 0 Å². The zero-order chi connectivity index (χ0) is 23.9. The van der Waals surface area contributed by atoms with Crippen LogP contribution < -0.4 is 0 Å². The molecule has 1 amide bonds. The number of sulfonamides is 1. The molecular weight excluding hydrogens is 454 g/mol. The van der Waals surface area contributed by atoms with E-state index in [1.54, 1.807) is 36.1 Å². The summed E-state index contributed by atoms with van der Waals surface area (Å²) in [4.78, 5) is 14.7. The minimum Gasteiger partial charge on any atom is -0.507 e. The number of hydrogen-bond donors (Lipinski definition) is 1. The quantitative estimate of drug-likeness (QED) is 0.481. The van der Waals surface area contributed by atoms with E-state index in [0.29, 0.717) is 16.8 Å². The third-order valence-corrected chi connectivity index (χ3v) is 7.95. The van der Waals surface area contributed by atoms with Crippen LogP contribution in [0.1, 0.15) is 15.9 Å². The number of carbonyl (C=O) groups excluding carboxylic acids is 1. The van der Waals surface area contributed by atoms with Crippen molar-refractivity contribution >= 4 is 26.8 Å². The molecule has 5 rings (SSSR count). The first-order chi connectivity index (χ1) is 16.3. The Morgan fingerprint density at radius 1 is 0.971 bits per heavy atom. The van der Waals surface area contributed by atoms with Gasteiger partial charge in [-0.05, 0) is 42.8 Å². The van der Waals surface area contributed by atoms with Crippen LogP contribution >= 0.6 is 0 Å². The summed E-state index contributed by atoms with van der Waals surface area (Å²) in [5.74, 6) is 0.136. The lowest BCUT2D eigenvalue weighted by molar-refractivity contribution is 0.0698. The molecule has 174 valence electrons. The first kappa shape index (κ1) is 22.1. The molecule has 1 aliphatic heterocycles. The minimum absolute atomic E-state index is 0.112. The molecule has 3 aromatic carbocycles. The third kappa shape index (κ3) is 3.93. The number of amides is 1. The maximum atomic E-state index is 13.2. The van der Waals surface area contributed by atoms with Gasteiger partial charge in [0.15, 0.2) is 5.76 Å². The van der Waals surface area contributed by atoms with Crippen LogP contribution in [0.5, 0.6) is 5.75 Å². The number of aromatic hydroxyl groups is 1. The summed E-state index contributed by atoms with van der Waals surface area (Å²) < 4.78 is 32.9. The van der Waals surface area contributed by atoms with Crippen LogP contribution in [0.15, 0.2) is 76.1 Å². The minimum atomic E-state index is -3.86. The van der Waals surface area contributed by atoms with E-state index in [0.717, 1.165) is 16.5 Å². The number of phenolic OH excluding ortho intramolecular Hbond substituents is 1. The fourth-order valence-corrected chi connectivity index (χ4v) is 5.74. The number of piperazine rings is 1. The molecule has 1 aromatic heterocycles. The fourth-order valence-electron chi connectivity index (χ4n) is 4.15. The Labute approximate surface area is 197 Å². The Kier molecular flexibility index (Phi) is 5.59. The summed E-state index contributed by atoms with van der Waals surface area (Å²) in [6.07, 6.45) is 0. The van der Waals surface area contributed by atoms with Crippen molar-refractivity contribution in [2.24, 2.45) is 0 Å². The van der Waals surface area contributed by atoms with Gasteiger partial charge in [0, 0.05) is 37.3 Å². The second kappa shape index (κ2) is 8.58. The van der Waals surface area contributed by atoms with Gasteiger partial charge < -0.3 is 14.5 Å². The Bertz CT molecular complexity index is 1470. The predicted molar refractivity (Wildman–Crippen MR) is 127 cm³/mol. The molecule has 1 aliphatic rings. The molecule has 0 radical (unpaired) electrons. The monoisotopic (exact) mass is 477 g/mol. The number of phenols is 1. The molecule has 0 atom stereocenters. The Morgan fingerprint density at radius 3 is 2.44 bits per heavy atom. The van der Waals surface area contributed by atoms with Crippen LogP contribution in [0, 0.1) is 6.92 Å². The average Bonchev–Trinajstić information content (AvgIpc) is 3.29. The standard InChI is InChI=1S/C25H23N3O5S/c1-17-7-10-22(29)23(15-17)34(31,32)28-13-11-27(12-14-28)25(30)19-8-9-21-20(16-19)24(33-26-21)18-5-3-2-4-6-18/h2-10,15-16,29H,11-14H2,1H3. The van der Waals surface area contributed by atoms with Crippen molar-refractivity contribution in [2.45, 2.75) is 11.8 Å². The number of benzene rings is 3. The summed E-state index contributed by atoms with van der Waals surface area (Å²) in [6.45, 7) is 2.55. The molecule has 34 heavy (non-hydrogen) atoms. The van der Waals surface area contributed by atoms with Gasteiger partial charge in [-0.15, -0.1) is 0 Å². The molecule has 0 bridgehead atoms. The summed E-state index contributed by atoms with van der Waals surface area (Å²) in [5, 5.41) is 14.9. The van der Waals surface area contributed by atoms with Crippen LogP contribution in [-0.2, 0) is 10.0 Å². The lowest BCUT2D eigenvalue weighted by atomic mass is 10.1. The number of nitrogens with zero attached hydrogens (tertiary/aromatic N) is 3. The molecule has 1 N–H and O–H groups in total. The van der Waals surface area contributed by atoms with Crippen LogP contribution in [0.3, 0.4) is 0 Å². The fraction of sp³-hybridized carbons (Fsp3) is 0.200. The van der Waals surface area contributed by atoms with E-state index in [2.05, 4.69) is 5.16 Å². The highest BCUT2D eigenvalue weighted by atomic mass is 32.2. The number of fused-ring (bicyclic) bond motifs is 1. The molecule has 1 saturated heterocycles. The van der Waals surface area contributed by atoms with E-state index in [4.69, 9.17) is 4.52 Å². The van der Waals surface area contributed by atoms with Crippen molar-refractivity contribution in [3.8, 4) is 17.1 Å². The Balaban J connectivity index is 1.35. The number of rotatable bonds is 4. The van der Waals surface area contributed by atoms with Gasteiger partial charge in [0.25, 0.3) is 5.91 Å². The molecule has 4 aromatic rings. The van der Waals surface area contributed by atoms with Gasteiger partial charge in [-0.1, -0.05) is 41.6 Å². The summed E-state index contributed by atoms with van der Waals surface area (Å²) in [5.41, 5.74) is 2.75. The van der Waals surface area contributed by atoms with Gasteiger partial charge in [-0.3, -0.25) is 4.79 Å². The van der Waals surface area contributed by atoms with Crippen molar-refractivity contribution < 1.29 is 22.8 Å². The smallest absolute Gasteiger partial charge is 0.253 e. The molecule has 2 heterocycles. The molecule has 0 spiro atoms. The summed E-state index contributed by atoms with van der Waals surface area (Å²) >= 11 is 0. The molecule has 0 unspecified atom stereocenters. The van der Waals surface area contributed by atoms with Gasteiger partial charge in [-0.2, -0.15) is 4.31 Å². The van der Waals surface area contributed by atoms with E-state index in [1.165, 1.54) is 16.4 Å². The molecule has 8 nitrogen and oxygen atoms in total. The van der Waals surface area contributed by atoms with Gasteiger partial charge in [0.1, 0.15) is 16.2 Å². The van der Waals surface area contributed by atoms with E-state index in [9.17, 15) is 18.3 Å². The van der Waals surface area contributed by atoms with Gasteiger partial charge in [0.2, 0.25) is 10.0 Å². The molecule has 0 aliphatic carbocycles. The third-order valence-electron chi connectivity index (χ3n) is 6.02. The van der Waals surface area contributed by atoms with Crippen molar-refractivity contribution in [2.75, 3.05) is 26.2 Å². The van der Waals surface area contributed by atoms with Crippen LogP contribution in [0.4, 0.5) is 0 Å². The lowest BCUT2D eigenvalue weighted by Crippen LogP contribution is -2.50. The zero-order valence-electron chi connectivity index (χ0n) is 18.5. The van der Waals surface area contributed by atoms with Crippen LogP contribution in [0.2, 0.25) is 0 Å². The second-order valence-corrected chi connectivity index (χ2v) is 10.2. The summed E-state index contributed by atoms with van der Waals surface area (Å²) in [7, 11) is -3.86. The van der Waals surface area contributed by atoms with Gasteiger partial charge in [-0.25, -0.2) is 8.42 Å². The van der Waals surface area contributed by atoms with E-state index >= 15 is 0 Å². The zero-order valence-corrected chi connectivity index (χ0v) is 19.3. The first-order valence-electron chi connectivity index (χ1n) is 10.9. The van der Waals surface area contributed by atoms with Crippen molar-refractivity contribution in [1.82, 2.24) is 14.4 Å². The van der Waals surface area contributed by atoms with E-state index < -0.39 is 10.0 Å². The molecule has 9 heteroatoms. The Hall–Kier alpha value is -3.69. The topological polar surface area (TPSA) is 104 Å². The van der Waals surface area contributed by atoms with E-state index in [-0.39, 0.29) is 42.7 Å². The molecule has 0 saturated carbocycles. The average molecular weight is 478 g/mol. The maximum Gasteiger partial charge on any atom is 0.253 e. The van der Waals surface area contributed by atoms with Crippen molar-refractivity contribution in [3.05, 3.63) is 77.9 Å². The van der Waals surface area contributed by atoms with Crippen LogP contribution in [0.25, 0.3) is 22.2 Å².